The number of ether oxygens (including phenoxy) is 4. The van der Waals surface area contributed by atoms with Crippen LogP contribution in [0.1, 0.15) is 59.0 Å². The SMILES string of the molecule is O=C(OCCCOCOCc1ccc2c(c1)C(=O)OC2=O)c1ccc2c(c1)C(=O)OOC2. The third kappa shape index (κ3) is 4.83. The topological polar surface area (TPSA) is 124 Å². The van der Waals surface area contributed by atoms with Gasteiger partial charge in [0.05, 0.1) is 42.1 Å². The predicted molar refractivity (Wildman–Crippen MR) is 103 cm³/mol. The van der Waals surface area contributed by atoms with E-state index in [1.807, 2.05) is 0 Å². The van der Waals surface area contributed by atoms with Crippen LogP contribution in [0.2, 0.25) is 0 Å². The minimum Gasteiger partial charge on any atom is -0.462 e. The number of esters is 3. The van der Waals surface area contributed by atoms with Crippen LogP contribution in [0.5, 0.6) is 0 Å². The molecule has 10 nitrogen and oxygen atoms in total. The first-order valence-corrected chi connectivity index (χ1v) is 9.71. The molecule has 32 heavy (non-hydrogen) atoms. The molecule has 0 bridgehead atoms. The van der Waals surface area contributed by atoms with Crippen LogP contribution in [-0.2, 0) is 41.9 Å². The van der Waals surface area contributed by atoms with Gasteiger partial charge in [-0.15, -0.1) is 0 Å². The van der Waals surface area contributed by atoms with Gasteiger partial charge in [-0.1, -0.05) is 12.1 Å². The highest BCUT2D eigenvalue weighted by atomic mass is 17.2. The van der Waals surface area contributed by atoms with E-state index in [-0.39, 0.29) is 48.9 Å². The Kier molecular flexibility index (Phi) is 6.55. The Balaban J connectivity index is 1.12. The van der Waals surface area contributed by atoms with Gasteiger partial charge in [-0.2, -0.15) is 4.89 Å². The number of cyclic esters (lactones) is 2. The summed E-state index contributed by atoms with van der Waals surface area (Å²) in [6, 6.07) is 9.34. The van der Waals surface area contributed by atoms with Crippen LogP contribution in [0.25, 0.3) is 0 Å². The Labute approximate surface area is 181 Å². The standard InChI is InChI=1S/C22H18O10/c23-19(14-3-4-15-11-30-32-22(26)17(15)9-14)29-7-1-6-27-12-28-10-13-2-5-16-18(8-13)21(25)31-20(16)24/h2-5,8-9H,1,6-7,10-12H2. The maximum Gasteiger partial charge on any atom is 0.373 e. The molecule has 0 saturated heterocycles. The van der Waals surface area contributed by atoms with Crippen molar-refractivity contribution in [2.45, 2.75) is 19.6 Å². The summed E-state index contributed by atoms with van der Waals surface area (Å²) in [5.41, 5.74) is 2.33. The van der Waals surface area contributed by atoms with E-state index in [9.17, 15) is 19.2 Å². The second kappa shape index (κ2) is 9.69. The first-order chi connectivity index (χ1) is 15.5. The number of carbonyl (C=O) groups is 4. The van der Waals surface area contributed by atoms with Crippen molar-refractivity contribution in [2.75, 3.05) is 20.0 Å². The Morgan fingerprint density at radius 2 is 1.72 bits per heavy atom. The molecule has 0 N–H and O–H groups in total. The van der Waals surface area contributed by atoms with E-state index in [1.165, 1.54) is 12.1 Å². The van der Waals surface area contributed by atoms with Gasteiger partial charge >= 0.3 is 23.9 Å². The zero-order chi connectivity index (χ0) is 22.5. The van der Waals surface area contributed by atoms with Crippen molar-refractivity contribution in [3.05, 3.63) is 69.8 Å². The highest BCUT2D eigenvalue weighted by molar-refractivity contribution is 6.14. The first-order valence-electron chi connectivity index (χ1n) is 9.71. The number of hydrogen-bond donors (Lipinski definition) is 0. The summed E-state index contributed by atoms with van der Waals surface area (Å²) in [7, 11) is 0. The average molecular weight is 442 g/mol. The Hall–Kier alpha value is -3.60. The van der Waals surface area contributed by atoms with Crippen molar-refractivity contribution in [2.24, 2.45) is 0 Å². The van der Waals surface area contributed by atoms with Crippen LogP contribution >= 0.6 is 0 Å². The van der Waals surface area contributed by atoms with Crippen molar-refractivity contribution in [3.8, 4) is 0 Å². The predicted octanol–water partition coefficient (Wildman–Crippen LogP) is 2.34. The van der Waals surface area contributed by atoms with Gasteiger partial charge in [0.15, 0.2) is 0 Å². The van der Waals surface area contributed by atoms with Gasteiger partial charge in [0.2, 0.25) is 0 Å². The summed E-state index contributed by atoms with van der Waals surface area (Å²) >= 11 is 0. The van der Waals surface area contributed by atoms with Crippen molar-refractivity contribution in [1.82, 2.24) is 0 Å². The van der Waals surface area contributed by atoms with E-state index in [2.05, 4.69) is 14.5 Å². The summed E-state index contributed by atoms with van der Waals surface area (Å²) in [5, 5.41) is 0. The lowest BCUT2D eigenvalue weighted by molar-refractivity contribution is -0.256. The van der Waals surface area contributed by atoms with Crippen LogP contribution < -0.4 is 0 Å². The molecule has 2 aromatic rings. The van der Waals surface area contributed by atoms with E-state index >= 15 is 0 Å². The average Bonchev–Trinajstić information content (AvgIpc) is 3.08. The van der Waals surface area contributed by atoms with Crippen LogP contribution in [0, 0.1) is 0 Å². The first kappa shape index (κ1) is 21.6. The molecule has 2 aromatic carbocycles. The van der Waals surface area contributed by atoms with Gasteiger partial charge in [-0.3, -0.25) is 4.89 Å². The van der Waals surface area contributed by atoms with E-state index in [0.29, 0.717) is 24.2 Å². The molecule has 4 rings (SSSR count). The highest BCUT2D eigenvalue weighted by Gasteiger charge is 2.29. The molecule has 0 amide bonds. The molecule has 0 unspecified atom stereocenters. The normalized spacial score (nSPS) is 14.4. The van der Waals surface area contributed by atoms with Gasteiger partial charge in [0, 0.05) is 6.42 Å². The monoisotopic (exact) mass is 442 g/mol. The summed E-state index contributed by atoms with van der Waals surface area (Å²) < 4.78 is 20.4. The zero-order valence-electron chi connectivity index (χ0n) is 16.8. The van der Waals surface area contributed by atoms with Gasteiger partial charge in [-0.25, -0.2) is 19.2 Å². The quantitative estimate of drug-likeness (QED) is 0.188. The fraction of sp³-hybridized carbons (Fsp3) is 0.273. The molecule has 2 aliphatic rings. The van der Waals surface area contributed by atoms with Crippen molar-refractivity contribution in [1.29, 1.82) is 0 Å². The smallest absolute Gasteiger partial charge is 0.373 e. The lowest BCUT2D eigenvalue weighted by atomic mass is 10.0. The zero-order valence-corrected chi connectivity index (χ0v) is 16.8. The van der Waals surface area contributed by atoms with Crippen LogP contribution in [-0.4, -0.2) is 43.9 Å². The molecular weight excluding hydrogens is 424 g/mol. The molecule has 0 atom stereocenters. The van der Waals surface area contributed by atoms with E-state index in [1.54, 1.807) is 24.3 Å². The van der Waals surface area contributed by atoms with E-state index in [0.717, 1.165) is 0 Å². The number of rotatable bonds is 9. The second-order valence-electron chi connectivity index (χ2n) is 6.93. The van der Waals surface area contributed by atoms with Crippen molar-refractivity contribution < 1.29 is 47.9 Å². The fourth-order valence-electron chi connectivity index (χ4n) is 3.12. The van der Waals surface area contributed by atoms with Crippen LogP contribution in [0.15, 0.2) is 36.4 Å². The second-order valence-corrected chi connectivity index (χ2v) is 6.93. The Bertz CT molecular complexity index is 1070. The lowest BCUT2D eigenvalue weighted by Crippen LogP contribution is -2.17. The van der Waals surface area contributed by atoms with E-state index < -0.39 is 23.9 Å². The van der Waals surface area contributed by atoms with Gasteiger partial charge in [0.25, 0.3) is 0 Å². The number of carbonyl (C=O) groups excluding carboxylic acids is 4. The molecular formula is C22H18O10. The maximum atomic E-state index is 12.1. The molecule has 0 fully saturated rings. The van der Waals surface area contributed by atoms with Crippen molar-refractivity contribution >= 4 is 23.9 Å². The third-order valence-electron chi connectivity index (χ3n) is 4.73. The summed E-state index contributed by atoms with van der Waals surface area (Å²) in [6.45, 7) is 0.754. The van der Waals surface area contributed by atoms with Crippen LogP contribution in [0.4, 0.5) is 0 Å². The maximum absolute atomic E-state index is 12.1. The molecule has 0 radical (unpaired) electrons. The third-order valence-corrected chi connectivity index (χ3v) is 4.73. The highest BCUT2D eigenvalue weighted by Crippen LogP contribution is 2.22. The van der Waals surface area contributed by atoms with Gasteiger partial charge < -0.3 is 18.9 Å². The number of benzene rings is 2. The minimum atomic E-state index is -0.665. The molecule has 0 aliphatic carbocycles. The number of hydrogen-bond acceptors (Lipinski definition) is 10. The molecule has 0 aromatic heterocycles. The van der Waals surface area contributed by atoms with Gasteiger partial charge in [0.1, 0.15) is 13.4 Å². The van der Waals surface area contributed by atoms with Crippen LogP contribution in [0.3, 0.4) is 0 Å². The van der Waals surface area contributed by atoms with Crippen molar-refractivity contribution in [3.63, 3.8) is 0 Å². The molecule has 10 heteroatoms. The summed E-state index contributed by atoms with van der Waals surface area (Å²) in [6.07, 6.45) is 0.447. The molecule has 0 saturated carbocycles. The van der Waals surface area contributed by atoms with Gasteiger partial charge in [-0.05, 0) is 35.4 Å². The minimum absolute atomic E-state index is 0.00339. The lowest BCUT2D eigenvalue weighted by Gasteiger charge is -2.14. The summed E-state index contributed by atoms with van der Waals surface area (Å²) in [5.74, 6) is -2.52. The largest absolute Gasteiger partial charge is 0.462 e. The van der Waals surface area contributed by atoms with E-state index in [4.69, 9.17) is 14.2 Å². The Morgan fingerprint density at radius 3 is 2.59 bits per heavy atom. The fourth-order valence-corrected chi connectivity index (χ4v) is 3.12. The molecule has 166 valence electrons. The summed E-state index contributed by atoms with van der Waals surface area (Å²) in [4.78, 5) is 55.9. The molecule has 2 aliphatic heterocycles. The molecule has 0 spiro atoms. The molecule has 2 heterocycles. The number of fused-ring (bicyclic) bond motifs is 2. The Morgan fingerprint density at radius 1 is 0.875 bits per heavy atom.